The van der Waals surface area contributed by atoms with E-state index < -0.39 is 45.8 Å². The molecule has 0 aromatic rings. The number of aliphatic carboxylic acids is 1. The van der Waals surface area contributed by atoms with Crippen molar-refractivity contribution in [3.8, 4) is 0 Å². The van der Waals surface area contributed by atoms with E-state index in [1.807, 2.05) is 4.90 Å². The van der Waals surface area contributed by atoms with Gasteiger partial charge in [-0.15, -0.1) is 0 Å². The van der Waals surface area contributed by atoms with Gasteiger partial charge < -0.3 is 25.4 Å². The summed E-state index contributed by atoms with van der Waals surface area (Å²) in [4.78, 5) is 36.4. The molecule has 0 unspecified atom stereocenters. The van der Waals surface area contributed by atoms with Gasteiger partial charge in [0.15, 0.2) is 16.4 Å². The number of ether oxygens (including phenoxy) is 1. The molecule has 0 aliphatic carbocycles. The topological polar surface area (TPSA) is 142 Å². The van der Waals surface area contributed by atoms with E-state index in [0.29, 0.717) is 24.1 Å². The number of nitrogens with zero attached hydrogens (tertiary/aromatic N) is 1. The van der Waals surface area contributed by atoms with E-state index in [1.165, 1.54) is 30.7 Å². The average molecular weight is 652 g/mol. The van der Waals surface area contributed by atoms with Crippen LogP contribution in [-0.4, -0.2) is 74.1 Å². The Bertz CT molecular complexity index is 1230. The summed E-state index contributed by atoms with van der Waals surface area (Å²) in [5.41, 5.74) is 0.526. The SMILES string of the molecule is C=C(C)[C@H](CN[C@@H](C)C(=O)O)NC(=O)CO/C=C/C1=C(/C=C/S)N(/C=C/C=C\C=O)CC(CCCC)(CCCC)CS1(=O)=O. The van der Waals surface area contributed by atoms with Crippen LogP contribution in [0.4, 0.5) is 0 Å². The van der Waals surface area contributed by atoms with Gasteiger partial charge in [0.2, 0.25) is 0 Å². The summed E-state index contributed by atoms with van der Waals surface area (Å²) in [6, 6.07) is -1.33. The first-order chi connectivity index (χ1) is 20.9. The van der Waals surface area contributed by atoms with Crippen LogP contribution in [0.15, 0.2) is 71.0 Å². The number of unbranched alkanes of at least 4 members (excludes halogenated alkanes) is 2. The summed E-state index contributed by atoms with van der Waals surface area (Å²) < 4.78 is 33.5. The second-order valence-corrected chi connectivity index (χ2v) is 13.3. The Labute approximate surface area is 268 Å². The van der Waals surface area contributed by atoms with E-state index in [2.05, 4.69) is 43.7 Å². The third-order valence-electron chi connectivity index (χ3n) is 7.28. The standard InChI is InChI=1S/C32H49N3O7S2/c1-6-8-15-32(16-9-7-2)23-35(17-11-10-12-18-36)28(14-20-43)29(44(40,41)24-32)13-19-42-22-30(37)34-27(25(3)4)21-33-26(5)31(38)39/h10-14,17-20,26-27,33,43H,3,6-9,15-16,21-24H2,1-2,4-5H3,(H,34,37)(H,38,39)/b12-10-,17-11+,19-13+,20-14+/t26-,27-/m0/s1. The van der Waals surface area contributed by atoms with Crippen LogP contribution in [0.3, 0.4) is 0 Å². The Morgan fingerprint density at radius 3 is 2.36 bits per heavy atom. The van der Waals surface area contributed by atoms with Crippen molar-refractivity contribution in [2.24, 2.45) is 5.41 Å². The minimum Gasteiger partial charge on any atom is -0.491 e. The van der Waals surface area contributed by atoms with Crippen molar-refractivity contribution in [3.63, 3.8) is 0 Å². The molecule has 0 aromatic carbocycles. The first kappa shape index (κ1) is 38.9. The summed E-state index contributed by atoms with van der Waals surface area (Å²) in [7, 11) is -3.81. The van der Waals surface area contributed by atoms with Crippen LogP contribution in [0.25, 0.3) is 0 Å². The fourth-order valence-corrected chi connectivity index (χ4v) is 7.09. The zero-order chi connectivity index (χ0) is 33.2. The molecule has 1 amide bonds. The number of carboxylic acids is 1. The lowest BCUT2D eigenvalue weighted by Gasteiger charge is -2.36. The predicted octanol–water partition coefficient (Wildman–Crippen LogP) is 4.66. The maximum absolute atomic E-state index is 14.0. The Kier molecular flexibility index (Phi) is 17.7. The number of nitrogens with one attached hydrogen (secondary N) is 2. The maximum Gasteiger partial charge on any atom is 0.320 e. The molecule has 3 N–H and O–H groups in total. The number of hydrogen-bond acceptors (Lipinski definition) is 9. The smallest absolute Gasteiger partial charge is 0.320 e. The average Bonchev–Trinajstić information content (AvgIpc) is 3.05. The number of amides is 1. The van der Waals surface area contributed by atoms with E-state index in [0.717, 1.165) is 38.5 Å². The highest BCUT2D eigenvalue weighted by atomic mass is 32.2. The molecule has 1 aliphatic rings. The number of carbonyl (C=O) groups excluding carboxylic acids is 2. The molecule has 0 spiro atoms. The summed E-state index contributed by atoms with van der Waals surface area (Å²) >= 11 is 4.24. The quantitative estimate of drug-likeness (QED) is 0.0369. The van der Waals surface area contributed by atoms with Crippen LogP contribution in [-0.2, 0) is 29.0 Å². The van der Waals surface area contributed by atoms with Gasteiger partial charge in [-0.25, -0.2) is 8.42 Å². The number of aldehydes is 1. The number of carboxylic acid groups (broad SMARTS) is 1. The van der Waals surface area contributed by atoms with Gasteiger partial charge in [-0.05, 0) is 56.4 Å². The van der Waals surface area contributed by atoms with Crippen molar-refractivity contribution in [2.75, 3.05) is 25.4 Å². The highest BCUT2D eigenvalue weighted by molar-refractivity contribution is 7.95. The zero-order valence-corrected chi connectivity index (χ0v) is 28.0. The van der Waals surface area contributed by atoms with Crippen molar-refractivity contribution in [1.29, 1.82) is 0 Å². The van der Waals surface area contributed by atoms with Crippen LogP contribution < -0.4 is 10.6 Å². The Morgan fingerprint density at radius 2 is 1.82 bits per heavy atom. The molecular formula is C32H49N3O7S2. The second kappa shape index (κ2) is 20.0. The molecular weight excluding hydrogens is 603 g/mol. The molecule has 0 bridgehead atoms. The van der Waals surface area contributed by atoms with Gasteiger partial charge >= 0.3 is 5.97 Å². The van der Waals surface area contributed by atoms with Crippen LogP contribution in [0.5, 0.6) is 0 Å². The van der Waals surface area contributed by atoms with Crippen molar-refractivity contribution < 1.29 is 32.6 Å². The van der Waals surface area contributed by atoms with E-state index in [4.69, 9.17) is 9.84 Å². The van der Waals surface area contributed by atoms with Crippen LogP contribution in [0.1, 0.15) is 66.2 Å². The number of sulfone groups is 1. The predicted molar refractivity (Wildman–Crippen MR) is 178 cm³/mol. The molecule has 10 nitrogen and oxygen atoms in total. The number of carbonyl (C=O) groups is 3. The van der Waals surface area contributed by atoms with Gasteiger partial charge in [0.05, 0.1) is 28.7 Å². The lowest BCUT2D eigenvalue weighted by molar-refractivity contribution is -0.139. The van der Waals surface area contributed by atoms with Gasteiger partial charge in [-0.1, -0.05) is 57.8 Å². The van der Waals surface area contributed by atoms with Crippen LogP contribution >= 0.6 is 12.6 Å². The summed E-state index contributed by atoms with van der Waals surface area (Å²) in [6.07, 6.45) is 16.4. The minimum absolute atomic E-state index is 0.0359. The summed E-state index contributed by atoms with van der Waals surface area (Å²) in [6.45, 7) is 11.5. The third kappa shape index (κ3) is 13.3. The molecule has 0 fully saturated rings. The van der Waals surface area contributed by atoms with Crippen molar-refractivity contribution in [3.05, 3.63) is 71.0 Å². The lowest BCUT2D eigenvalue weighted by Crippen LogP contribution is -2.47. The molecule has 246 valence electrons. The molecule has 0 radical (unpaired) electrons. The molecule has 44 heavy (non-hydrogen) atoms. The zero-order valence-electron chi connectivity index (χ0n) is 26.3. The molecule has 1 heterocycles. The first-order valence-corrected chi connectivity index (χ1v) is 17.0. The van der Waals surface area contributed by atoms with Gasteiger partial charge in [0.25, 0.3) is 5.91 Å². The molecule has 12 heteroatoms. The van der Waals surface area contributed by atoms with Crippen molar-refractivity contribution in [1.82, 2.24) is 15.5 Å². The second-order valence-electron chi connectivity index (χ2n) is 11.1. The molecule has 1 rings (SSSR count). The number of hydrogen-bond donors (Lipinski definition) is 4. The number of rotatable bonds is 20. The van der Waals surface area contributed by atoms with E-state index in [1.54, 1.807) is 31.4 Å². The Hall–Kier alpha value is -3.09. The van der Waals surface area contributed by atoms with Gasteiger partial charge in [-0.3, -0.25) is 14.4 Å². The van der Waals surface area contributed by atoms with E-state index in [-0.39, 0.29) is 17.2 Å². The summed E-state index contributed by atoms with van der Waals surface area (Å²) in [5, 5.41) is 16.1. The fraction of sp³-hybridized carbons (Fsp3) is 0.531. The normalized spacial score (nSPS) is 18.2. The molecule has 1 aliphatic heterocycles. The van der Waals surface area contributed by atoms with Crippen molar-refractivity contribution in [2.45, 2.75) is 78.3 Å². The highest BCUT2D eigenvalue weighted by Crippen LogP contribution is 2.40. The Balaban J connectivity index is 3.35. The molecule has 0 aromatic heterocycles. The van der Waals surface area contributed by atoms with Crippen LogP contribution in [0, 0.1) is 5.41 Å². The summed E-state index contributed by atoms with van der Waals surface area (Å²) in [5.74, 6) is -1.54. The largest absolute Gasteiger partial charge is 0.491 e. The van der Waals surface area contributed by atoms with E-state index in [9.17, 15) is 22.8 Å². The van der Waals surface area contributed by atoms with Gasteiger partial charge in [0.1, 0.15) is 12.3 Å². The third-order valence-corrected chi connectivity index (χ3v) is 9.43. The highest BCUT2D eigenvalue weighted by Gasteiger charge is 2.41. The maximum atomic E-state index is 14.0. The fourth-order valence-electron chi connectivity index (χ4n) is 4.84. The first-order valence-electron chi connectivity index (χ1n) is 14.9. The van der Waals surface area contributed by atoms with Gasteiger partial charge in [-0.2, -0.15) is 12.6 Å². The Morgan fingerprint density at radius 1 is 1.16 bits per heavy atom. The van der Waals surface area contributed by atoms with Crippen molar-refractivity contribution >= 4 is 40.6 Å². The number of allylic oxidation sites excluding steroid dienone is 5. The van der Waals surface area contributed by atoms with E-state index >= 15 is 0 Å². The monoisotopic (exact) mass is 651 g/mol. The van der Waals surface area contributed by atoms with Crippen LogP contribution in [0.2, 0.25) is 0 Å². The lowest BCUT2D eigenvalue weighted by atomic mass is 9.79. The molecule has 0 saturated heterocycles. The molecule has 2 atom stereocenters. The number of thiol groups is 1. The van der Waals surface area contributed by atoms with Gasteiger partial charge in [0, 0.05) is 24.7 Å². The molecule has 0 saturated carbocycles. The minimum atomic E-state index is -3.81.